The van der Waals surface area contributed by atoms with Crippen molar-refractivity contribution in [3.63, 3.8) is 0 Å². The Balaban J connectivity index is 0.00000361. The van der Waals surface area contributed by atoms with Crippen molar-refractivity contribution in [1.82, 2.24) is 14.2 Å². The van der Waals surface area contributed by atoms with Gasteiger partial charge in [-0.15, -0.1) is 12.4 Å². The summed E-state index contributed by atoms with van der Waals surface area (Å²) < 4.78 is 28.6. The molecule has 196 valence electrons. The molecule has 1 amide bonds. The number of fused-ring (bicyclic) bond motifs is 1. The first-order valence-electron chi connectivity index (χ1n) is 11.7. The van der Waals surface area contributed by atoms with Crippen LogP contribution in [0.5, 0.6) is 0 Å². The molecule has 0 radical (unpaired) electrons. The molecule has 1 fully saturated rings. The minimum absolute atomic E-state index is 0. The highest BCUT2D eigenvalue weighted by molar-refractivity contribution is 7.89. The second kappa shape index (κ2) is 11.8. The zero-order valence-corrected chi connectivity index (χ0v) is 24.1. The molecule has 1 aliphatic rings. The number of likely N-dealkylation sites (N-methyl/N-ethyl adjacent to an activating group) is 1. The van der Waals surface area contributed by atoms with E-state index in [1.807, 2.05) is 38.1 Å². The summed E-state index contributed by atoms with van der Waals surface area (Å²) in [5, 5.41) is 1.23. The van der Waals surface area contributed by atoms with Gasteiger partial charge in [0.15, 0.2) is 5.13 Å². The summed E-state index contributed by atoms with van der Waals surface area (Å²) in [5.41, 5.74) is 2.20. The third kappa shape index (κ3) is 6.20. The number of hydrogen-bond donors (Lipinski definition) is 0. The van der Waals surface area contributed by atoms with E-state index >= 15 is 0 Å². The minimum atomic E-state index is -3.57. The number of aryl methyl sites for hydroxylation is 1. The molecule has 0 saturated carbocycles. The largest absolute Gasteiger partial charge is 0.308 e. The Labute approximate surface area is 228 Å². The number of sulfonamides is 1. The Morgan fingerprint density at radius 2 is 1.78 bits per heavy atom. The van der Waals surface area contributed by atoms with E-state index < -0.39 is 10.0 Å². The maximum absolute atomic E-state index is 13.6. The van der Waals surface area contributed by atoms with Crippen LogP contribution in [0.25, 0.3) is 10.2 Å². The predicted molar refractivity (Wildman–Crippen MR) is 150 cm³/mol. The summed E-state index contributed by atoms with van der Waals surface area (Å²) >= 11 is 7.65. The van der Waals surface area contributed by atoms with Crippen LogP contribution in [-0.2, 0) is 10.0 Å². The Kier molecular flexibility index (Phi) is 9.41. The maximum Gasteiger partial charge on any atom is 0.260 e. The molecule has 2 heterocycles. The molecule has 0 spiro atoms. The number of anilines is 1. The number of amides is 1. The van der Waals surface area contributed by atoms with Gasteiger partial charge >= 0.3 is 0 Å². The molecular weight excluding hydrogens is 539 g/mol. The lowest BCUT2D eigenvalue weighted by Crippen LogP contribution is -2.38. The van der Waals surface area contributed by atoms with Crippen LogP contribution in [0.4, 0.5) is 5.13 Å². The van der Waals surface area contributed by atoms with E-state index in [1.165, 1.54) is 23.5 Å². The van der Waals surface area contributed by atoms with Crippen molar-refractivity contribution >= 4 is 66.6 Å². The van der Waals surface area contributed by atoms with Crippen molar-refractivity contribution in [3.8, 4) is 0 Å². The Hall–Kier alpha value is -1.75. The van der Waals surface area contributed by atoms with Crippen LogP contribution >= 0.6 is 35.3 Å². The van der Waals surface area contributed by atoms with Gasteiger partial charge in [0.1, 0.15) is 0 Å². The number of hydrogen-bond acceptors (Lipinski definition) is 6. The van der Waals surface area contributed by atoms with Crippen LogP contribution in [0.15, 0.2) is 41.3 Å². The van der Waals surface area contributed by atoms with Gasteiger partial charge in [0, 0.05) is 36.8 Å². The Bertz CT molecular complexity index is 1320. The first kappa shape index (κ1) is 28.8. The fraction of sp³-hybridized carbons (Fsp3) is 0.440. The van der Waals surface area contributed by atoms with Gasteiger partial charge in [-0.05, 0) is 81.7 Å². The maximum atomic E-state index is 13.6. The van der Waals surface area contributed by atoms with Crippen LogP contribution in [0, 0.1) is 12.8 Å². The minimum Gasteiger partial charge on any atom is -0.308 e. The summed E-state index contributed by atoms with van der Waals surface area (Å²) in [4.78, 5) is 22.2. The van der Waals surface area contributed by atoms with Crippen LogP contribution in [-0.4, -0.2) is 68.8 Å². The summed E-state index contributed by atoms with van der Waals surface area (Å²) in [6.45, 7) is 6.26. The molecular formula is C25H32Cl2N4O3S2. The summed E-state index contributed by atoms with van der Waals surface area (Å²) in [7, 11) is 0.332. The van der Waals surface area contributed by atoms with Crippen molar-refractivity contribution in [3.05, 3.63) is 52.5 Å². The quantitative estimate of drug-likeness (QED) is 0.385. The topological polar surface area (TPSA) is 73.8 Å². The van der Waals surface area contributed by atoms with Gasteiger partial charge < -0.3 is 4.90 Å². The number of carbonyl (C=O) groups is 1. The van der Waals surface area contributed by atoms with Crippen molar-refractivity contribution in [2.45, 2.75) is 31.6 Å². The number of carbonyl (C=O) groups excluding carboxylic acids is 1. The molecule has 1 aliphatic heterocycles. The summed E-state index contributed by atoms with van der Waals surface area (Å²) in [5.74, 6) is 0.322. The van der Waals surface area contributed by atoms with Crippen LogP contribution < -0.4 is 4.90 Å². The number of rotatable bonds is 7. The molecule has 0 atom stereocenters. The monoisotopic (exact) mass is 570 g/mol. The molecule has 0 aliphatic carbocycles. The predicted octanol–water partition coefficient (Wildman–Crippen LogP) is 5.31. The number of piperidine rings is 1. The lowest BCUT2D eigenvalue weighted by Gasteiger charge is -2.29. The third-order valence-corrected chi connectivity index (χ3v) is 9.52. The van der Waals surface area contributed by atoms with E-state index in [9.17, 15) is 13.2 Å². The van der Waals surface area contributed by atoms with Gasteiger partial charge in [0.25, 0.3) is 5.91 Å². The van der Waals surface area contributed by atoms with E-state index in [0.717, 1.165) is 28.6 Å². The van der Waals surface area contributed by atoms with E-state index in [2.05, 4.69) is 6.92 Å². The van der Waals surface area contributed by atoms with E-state index in [0.29, 0.717) is 47.8 Å². The highest BCUT2D eigenvalue weighted by atomic mass is 35.5. The van der Waals surface area contributed by atoms with Gasteiger partial charge in [0.2, 0.25) is 10.0 Å². The molecule has 7 nitrogen and oxygen atoms in total. The van der Waals surface area contributed by atoms with Gasteiger partial charge in [-0.3, -0.25) is 9.69 Å². The van der Waals surface area contributed by atoms with Crippen LogP contribution in [0.3, 0.4) is 0 Å². The molecule has 2 aromatic carbocycles. The Morgan fingerprint density at radius 3 is 2.39 bits per heavy atom. The van der Waals surface area contributed by atoms with Gasteiger partial charge in [-0.25, -0.2) is 13.4 Å². The van der Waals surface area contributed by atoms with Gasteiger partial charge in [0.05, 0.1) is 15.1 Å². The van der Waals surface area contributed by atoms with E-state index in [-0.39, 0.29) is 23.2 Å². The molecule has 0 unspecified atom stereocenters. The number of benzene rings is 2. The van der Waals surface area contributed by atoms with Crippen molar-refractivity contribution in [2.24, 2.45) is 5.92 Å². The normalized spacial score (nSPS) is 15.3. The first-order valence-corrected chi connectivity index (χ1v) is 14.3. The average Bonchev–Trinajstić information content (AvgIpc) is 3.23. The average molecular weight is 572 g/mol. The molecule has 0 bridgehead atoms. The summed E-state index contributed by atoms with van der Waals surface area (Å²) in [6, 6.07) is 9.99. The molecule has 3 aromatic rings. The van der Waals surface area contributed by atoms with Crippen molar-refractivity contribution < 1.29 is 13.2 Å². The highest BCUT2D eigenvalue weighted by Crippen LogP contribution is 2.34. The van der Waals surface area contributed by atoms with Crippen LogP contribution in [0.2, 0.25) is 5.02 Å². The fourth-order valence-corrected chi connectivity index (χ4v) is 7.06. The summed E-state index contributed by atoms with van der Waals surface area (Å²) in [6.07, 6.45) is 1.73. The van der Waals surface area contributed by atoms with E-state index in [1.54, 1.807) is 21.3 Å². The molecule has 36 heavy (non-hydrogen) atoms. The fourth-order valence-electron chi connectivity index (χ4n) is 4.14. The number of nitrogens with zero attached hydrogens (tertiary/aromatic N) is 4. The standard InChI is InChI=1S/C25H31ClN4O3S2.ClH/c1-17-9-11-29(12-10-17)35(32,33)21-7-5-19(6-8-21)24(31)30(14-13-28(3)4)25-27-23-18(2)15-20(26)16-22(23)34-25;/h5-8,15-17H,9-14H2,1-4H3;1H. The van der Waals surface area contributed by atoms with Gasteiger partial charge in [-0.1, -0.05) is 29.9 Å². The van der Waals surface area contributed by atoms with Crippen LogP contribution in [0.1, 0.15) is 35.7 Å². The SMILES string of the molecule is Cc1cc(Cl)cc2sc(N(CCN(C)C)C(=O)c3ccc(S(=O)(=O)N4CCC(C)CC4)cc3)nc12.Cl. The van der Waals surface area contributed by atoms with E-state index in [4.69, 9.17) is 16.6 Å². The zero-order valence-electron chi connectivity index (χ0n) is 20.9. The van der Waals surface area contributed by atoms with Crippen molar-refractivity contribution in [1.29, 1.82) is 0 Å². The second-order valence-corrected chi connectivity index (χ2v) is 12.8. The van der Waals surface area contributed by atoms with Gasteiger partial charge in [-0.2, -0.15) is 4.31 Å². The Morgan fingerprint density at radius 1 is 1.14 bits per heavy atom. The molecule has 1 aromatic heterocycles. The number of aromatic nitrogens is 1. The second-order valence-electron chi connectivity index (χ2n) is 9.44. The molecule has 0 N–H and O–H groups in total. The zero-order chi connectivity index (χ0) is 25.3. The highest BCUT2D eigenvalue weighted by Gasteiger charge is 2.29. The lowest BCUT2D eigenvalue weighted by atomic mass is 10.0. The number of halogens is 2. The first-order chi connectivity index (χ1) is 16.6. The molecule has 1 saturated heterocycles. The third-order valence-electron chi connectivity index (χ3n) is 6.37. The molecule has 4 rings (SSSR count). The lowest BCUT2D eigenvalue weighted by molar-refractivity contribution is 0.0985. The number of thiazole rings is 1. The van der Waals surface area contributed by atoms with Crippen molar-refractivity contribution in [2.75, 3.05) is 45.2 Å². The smallest absolute Gasteiger partial charge is 0.260 e. The molecule has 11 heteroatoms.